The maximum Gasteiger partial charge on any atom is 0.0708 e. The van der Waals surface area contributed by atoms with Gasteiger partial charge in [-0.05, 0) is 72.8 Å². The van der Waals surface area contributed by atoms with Gasteiger partial charge in [-0.1, -0.05) is 13.8 Å². The number of hydrogen-bond donors (Lipinski definition) is 2. The van der Waals surface area contributed by atoms with Crippen LogP contribution in [0.25, 0.3) is 0 Å². The van der Waals surface area contributed by atoms with Crippen LogP contribution in [-0.2, 0) is 14.2 Å². The average Bonchev–Trinajstić information content (AvgIpc) is 2.40. The largest absolute Gasteiger partial charge is 0.379 e. The molecule has 0 aliphatic carbocycles. The summed E-state index contributed by atoms with van der Waals surface area (Å²) in [6.07, 6.45) is 2.64. The Morgan fingerprint density at radius 1 is 0.680 bits per heavy atom. The molecular weight excluding hydrogens is 316 g/mol. The highest BCUT2D eigenvalue weighted by atomic mass is 16.5. The van der Waals surface area contributed by atoms with E-state index in [1.165, 1.54) is 0 Å². The quantitative estimate of drug-likeness (QED) is 0.464. The van der Waals surface area contributed by atoms with Crippen molar-refractivity contribution in [2.75, 3.05) is 33.0 Å². The number of rotatable bonds is 14. The van der Waals surface area contributed by atoms with Crippen LogP contribution in [0.15, 0.2) is 0 Å². The molecule has 0 atom stereocenters. The molecular formula is C20H44N2O3. The van der Waals surface area contributed by atoms with Crippen molar-refractivity contribution in [1.82, 2.24) is 0 Å². The third-order valence-electron chi connectivity index (χ3n) is 5.18. The van der Waals surface area contributed by atoms with Crippen molar-refractivity contribution in [3.8, 4) is 0 Å². The highest BCUT2D eigenvalue weighted by molar-refractivity contribution is 4.88. The van der Waals surface area contributed by atoms with Crippen LogP contribution in [0.4, 0.5) is 0 Å². The monoisotopic (exact) mass is 360 g/mol. The summed E-state index contributed by atoms with van der Waals surface area (Å²) in [7, 11) is 0. The normalized spacial score (nSPS) is 14.2. The first-order chi connectivity index (χ1) is 11.2. The molecule has 0 aliphatic heterocycles. The smallest absolute Gasteiger partial charge is 0.0708 e. The Morgan fingerprint density at radius 2 is 1.28 bits per heavy atom. The van der Waals surface area contributed by atoms with Crippen molar-refractivity contribution >= 4 is 0 Å². The van der Waals surface area contributed by atoms with E-state index in [-0.39, 0.29) is 22.2 Å². The van der Waals surface area contributed by atoms with Crippen LogP contribution >= 0.6 is 0 Å². The van der Waals surface area contributed by atoms with Gasteiger partial charge in [0.05, 0.1) is 24.4 Å². The van der Waals surface area contributed by atoms with Gasteiger partial charge < -0.3 is 25.7 Å². The molecule has 0 bridgehead atoms. The second kappa shape index (κ2) is 10.2. The number of nitrogens with two attached hydrogens (primary N) is 2. The van der Waals surface area contributed by atoms with Gasteiger partial charge >= 0.3 is 0 Å². The number of ether oxygens (including phenoxy) is 3. The highest BCUT2D eigenvalue weighted by Crippen LogP contribution is 2.37. The SMILES string of the molecule is CC(C)(N)CCOCCOC(C)(C)C(C)(C)CCOC(C)(C)CCN. The molecule has 0 aromatic rings. The Hall–Kier alpha value is -0.200. The van der Waals surface area contributed by atoms with E-state index in [2.05, 4.69) is 41.5 Å². The molecule has 0 aromatic heterocycles. The number of hydrogen-bond acceptors (Lipinski definition) is 5. The molecule has 0 unspecified atom stereocenters. The van der Waals surface area contributed by atoms with E-state index in [0.717, 1.165) is 19.3 Å². The standard InChI is InChI=1S/C20H44N2O3/c1-17(2,10-14-24-19(5,6)9-12-21)20(7,8)25-16-15-23-13-11-18(3,4)22/h9-16,21-22H2,1-8H3. The van der Waals surface area contributed by atoms with Gasteiger partial charge in [-0.2, -0.15) is 0 Å². The zero-order valence-electron chi connectivity index (χ0n) is 18.0. The van der Waals surface area contributed by atoms with Crippen LogP contribution in [0.3, 0.4) is 0 Å². The molecule has 0 aromatic carbocycles. The minimum absolute atomic E-state index is 0.00888. The lowest BCUT2D eigenvalue weighted by atomic mass is 9.74. The van der Waals surface area contributed by atoms with Crippen LogP contribution < -0.4 is 11.5 Å². The van der Waals surface area contributed by atoms with E-state index >= 15 is 0 Å². The van der Waals surface area contributed by atoms with Crippen LogP contribution in [0.1, 0.15) is 74.7 Å². The molecule has 0 aliphatic rings. The maximum atomic E-state index is 6.12. The molecule has 25 heavy (non-hydrogen) atoms. The second-order valence-electron chi connectivity index (χ2n) is 9.49. The van der Waals surface area contributed by atoms with Crippen LogP contribution in [0.2, 0.25) is 0 Å². The van der Waals surface area contributed by atoms with Gasteiger partial charge in [0.2, 0.25) is 0 Å². The summed E-state index contributed by atoms with van der Waals surface area (Å²) < 4.78 is 17.8. The minimum Gasteiger partial charge on any atom is -0.379 e. The molecule has 5 nitrogen and oxygen atoms in total. The molecule has 0 heterocycles. The van der Waals surface area contributed by atoms with E-state index in [1.807, 2.05) is 13.8 Å². The van der Waals surface area contributed by atoms with Crippen LogP contribution in [-0.4, -0.2) is 49.7 Å². The van der Waals surface area contributed by atoms with Crippen molar-refractivity contribution in [2.24, 2.45) is 16.9 Å². The van der Waals surface area contributed by atoms with Crippen molar-refractivity contribution < 1.29 is 14.2 Å². The maximum absolute atomic E-state index is 6.12. The van der Waals surface area contributed by atoms with Gasteiger partial charge in [-0.3, -0.25) is 0 Å². The van der Waals surface area contributed by atoms with E-state index in [9.17, 15) is 0 Å². The van der Waals surface area contributed by atoms with Gasteiger partial charge in [0.15, 0.2) is 0 Å². The molecule has 152 valence electrons. The van der Waals surface area contributed by atoms with Crippen molar-refractivity contribution in [3.05, 3.63) is 0 Å². The zero-order chi connectivity index (χ0) is 19.8. The Labute approximate surface area is 156 Å². The fourth-order valence-corrected chi connectivity index (χ4v) is 2.29. The predicted molar refractivity (Wildman–Crippen MR) is 106 cm³/mol. The molecule has 0 amide bonds. The molecule has 0 rings (SSSR count). The second-order valence-corrected chi connectivity index (χ2v) is 9.49. The lowest BCUT2D eigenvalue weighted by molar-refractivity contribution is -0.126. The lowest BCUT2D eigenvalue weighted by Gasteiger charge is -2.42. The summed E-state index contributed by atoms with van der Waals surface area (Å²) in [5, 5.41) is 0. The summed E-state index contributed by atoms with van der Waals surface area (Å²) in [6, 6.07) is 0. The van der Waals surface area contributed by atoms with Crippen LogP contribution in [0.5, 0.6) is 0 Å². The molecule has 0 fully saturated rings. The van der Waals surface area contributed by atoms with Crippen molar-refractivity contribution in [3.63, 3.8) is 0 Å². The molecule has 0 saturated heterocycles. The van der Waals surface area contributed by atoms with Gasteiger partial charge in [0.25, 0.3) is 0 Å². The molecule has 0 saturated carbocycles. The summed E-state index contributed by atoms with van der Waals surface area (Å²) >= 11 is 0. The highest BCUT2D eigenvalue weighted by Gasteiger charge is 2.38. The fraction of sp³-hybridized carbons (Fsp3) is 1.00. The Kier molecular flexibility index (Phi) is 10.1. The molecule has 5 heteroatoms. The van der Waals surface area contributed by atoms with Crippen molar-refractivity contribution in [2.45, 2.75) is 91.4 Å². The van der Waals surface area contributed by atoms with E-state index in [4.69, 9.17) is 25.7 Å². The first-order valence-electron chi connectivity index (χ1n) is 9.57. The third kappa shape index (κ3) is 11.2. The summed E-state index contributed by atoms with van der Waals surface area (Å²) in [5.74, 6) is 0. The van der Waals surface area contributed by atoms with E-state index in [1.54, 1.807) is 0 Å². The average molecular weight is 361 g/mol. The first kappa shape index (κ1) is 24.8. The third-order valence-corrected chi connectivity index (χ3v) is 5.18. The van der Waals surface area contributed by atoms with Gasteiger partial charge in [0, 0.05) is 18.8 Å². The zero-order valence-corrected chi connectivity index (χ0v) is 18.0. The van der Waals surface area contributed by atoms with Gasteiger partial charge in [0.1, 0.15) is 0 Å². The summed E-state index contributed by atoms with van der Waals surface area (Å²) in [4.78, 5) is 0. The molecule has 0 spiro atoms. The van der Waals surface area contributed by atoms with Crippen molar-refractivity contribution in [1.29, 1.82) is 0 Å². The lowest BCUT2D eigenvalue weighted by Crippen LogP contribution is -2.43. The predicted octanol–water partition coefficient (Wildman–Crippen LogP) is 3.49. The van der Waals surface area contributed by atoms with E-state index < -0.39 is 0 Å². The van der Waals surface area contributed by atoms with Crippen LogP contribution in [0, 0.1) is 5.41 Å². The fourth-order valence-electron chi connectivity index (χ4n) is 2.29. The Balaban J connectivity index is 4.17. The van der Waals surface area contributed by atoms with Gasteiger partial charge in [-0.25, -0.2) is 0 Å². The summed E-state index contributed by atoms with van der Waals surface area (Å²) in [6.45, 7) is 20.1. The summed E-state index contributed by atoms with van der Waals surface area (Å²) in [5.41, 5.74) is 11.0. The minimum atomic E-state index is -0.259. The molecule has 0 radical (unpaired) electrons. The Morgan fingerprint density at radius 3 is 1.80 bits per heavy atom. The van der Waals surface area contributed by atoms with Gasteiger partial charge in [-0.15, -0.1) is 0 Å². The Bertz CT molecular complexity index is 360. The topological polar surface area (TPSA) is 79.7 Å². The first-order valence-corrected chi connectivity index (χ1v) is 9.57. The molecule has 4 N–H and O–H groups in total. The van der Waals surface area contributed by atoms with E-state index in [0.29, 0.717) is 33.0 Å².